The summed E-state index contributed by atoms with van der Waals surface area (Å²) in [5, 5.41) is 1.27. The molecule has 0 saturated carbocycles. The van der Waals surface area contributed by atoms with Crippen LogP contribution in [0.2, 0.25) is 10.0 Å². The molecule has 2 aliphatic rings. The molecule has 1 fully saturated rings. The predicted octanol–water partition coefficient (Wildman–Crippen LogP) is 5.83. The van der Waals surface area contributed by atoms with E-state index in [2.05, 4.69) is 6.07 Å². The van der Waals surface area contributed by atoms with Crippen LogP contribution in [0.4, 0.5) is 10.5 Å². The van der Waals surface area contributed by atoms with Gasteiger partial charge in [0.2, 0.25) is 5.79 Å². The van der Waals surface area contributed by atoms with Crippen LogP contribution in [0.3, 0.4) is 0 Å². The standard InChI is InChI=1S/C25H22Cl2N2O3/c1-28-22-11-8-18(25(31-12-13-32-25)17-6-9-19(26)10-7-17)15-21(22)23(29(2)24(28)30)16-4-3-5-20(27)14-16/h3-11,14-15,23H,12-13H2,1-2H3. The maximum Gasteiger partial charge on any atom is 0.324 e. The molecule has 3 aromatic rings. The number of fused-ring (bicyclic) bond motifs is 1. The topological polar surface area (TPSA) is 42.0 Å². The summed E-state index contributed by atoms with van der Waals surface area (Å²) in [6, 6.07) is 20.7. The van der Waals surface area contributed by atoms with Crippen LogP contribution in [0.5, 0.6) is 0 Å². The molecule has 2 heterocycles. The molecule has 1 atom stereocenters. The van der Waals surface area contributed by atoms with Crippen molar-refractivity contribution in [2.75, 3.05) is 32.2 Å². The molecular formula is C25H22Cl2N2O3. The van der Waals surface area contributed by atoms with Crippen LogP contribution < -0.4 is 4.90 Å². The highest BCUT2D eigenvalue weighted by atomic mass is 35.5. The lowest BCUT2D eigenvalue weighted by Gasteiger charge is -2.40. The zero-order valence-corrected chi connectivity index (χ0v) is 19.2. The van der Waals surface area contributed by atoms with Gasteiger partial charge in [-0.05, 0) is 42.0 Å². The molecule has 32 heavy (non-hydrogen) atoms. The van der Waals surface area contributed by atoms with Gasteiger partial charge in [-0.25, -0.2) is 4.79 Å². The van der Waals surface area contributed by atoms with Gasteiger partial charge < -0.3 is 14.4 Å². The second-order valence-electron chi connectivity index (χ2n) is 8.00. The maximum absolute atomic E-state index is 13.0. The second-order valence-corrected chi connectivity index (χ2v) is 8.88. The summed E-state index contributed by atoms with van der Waals surface area (Å²) in [5.41, 5.74) is 4.48. The van der Waals surface area contributed by atoms with Crippen LogP contribution in [0.25, 0.3) is 0 Å². The van der Waals surface area contributed by atoms with Gasteiger partial charge in [-0.2, -0.15) is 0 Å². The minimum atomic E-state index is -1.03. The minimum absolute atomic E-state index is 0.0870. The number of urea groups is 1. The SMILES string of the molecule is CN1C(=O)N(C)C(c2cccc(Cl)c2)c2cc(C3(c4ccc(Cl)cc4)OCCO3)ccc21. The van der Waals surface area contributed by atoms with Gasteiger partial charge in [-0.1, -0.05) is 53.5 Å². The van der Waals surface area contributed by atoms with Gasteiger partial charge in [0.15, 0.2) is 0 Å². The maximum atomic E-state index is 13.0. The first kappa shape index (κ1) is 21.3. The Morgan fingerprint density at radius 1 is 0.875 bits per heavy atom. The number of nitrogens with zero attached hydrogens (tertiary/aromatic N) is 2. The molecule has 0 bridgehead atoms. The number of anilines is 1. The van der Waals surface area contributed by atoms with Crippen molar-refractivity contribution >= 4 is 34.9 Å². The van der Waals surface area contributed by atoms with Gasteiger partial charge in [0.25, 0.3) is 0 Å². The Kier molecular flexibility index (Phi) is 5.38. The highest BCUT2D eigenvalue weighted by Gasteiger charge is 2.43. The van der Waals surface area contributed by atoms with E-state index in [9.17, 15) is 4.79 Å². The van der Waals surface area contributed by atoms with Gasteiger partial charge in [-0.3, -0.25) is 4.90 Å². The van der Waals surface area contributed by atoms with Crippen LogP contribution in [-0.4, -0.2) is 38.2 Å². The van der Waals surface area contributed by atoms with E-state index in [4.69, 9.17) is 32.7 Å². The summed E-state index contributed by atoms with van der Waals surface area (Å²) >= 11 is 12.4. The average Bonchev–Trinajstić information content (AvgIpc) is 3.29. The molecule has 1 unspecified atom stereocenters. The number of ether oxygens (including phenoxy) is 2. The molecule has 5 nitrogen and oxygen atoms in total. The summed E-state index contributed by atoms with van der Waals surface area (Å²) in [7, 11) is 3.58. The molecule has 0 radical (unpaired) electrons. The molecule has 3 aromatic carbocycles. The van der Waals surface area contributed by atoms with E-state index in [0.717, 1.165) is 27.9 Å². The van der Waals surface area contributed by atoms with Crippen molar-refractivity contribution in [2.24, 2.45) is 0 Å². The van der Waals surface area contributed by atoms with Gasteiger partial charge in [0.05, 0.1) is 24.9 Å². The fourth-order valence-electron chi connectivity index (χ4n) is 4.60. The summed E-state index contributed by atoms with van der Waals surface area (Å²) in [6.45, 7) is 0.964. The summed E-state index contributed by atoms with van der Waals surface area (Å²) in [5.74, 6) is -1.03. The van der Waals surface area contributed by atoms with E-state index in [0.29, 0.717) is 23.3 Å². The van der Waals surface area contributed by atoms with Crippen molar-refractivity contribution in [1.29, 1.82) is 0 Å². The van der Waals surface area contributed by atoms with Gasteiger partial charge in [-0.15, -0.1) is 0 Å². The fraction of sp³-hybridized carbons (Fsp3) is 0.240. The largest absolute Gasteiger partial charge is 0.340 e. The van der Waals surface area contributed by atoms with Crippen molar-refractivity contribution in [3.63, 3.8) is 0 Å². The molecule has 5 rings (SSSR count). The van der Waals surface area contributed by atoms with Crippen molar-refractivity contribution < 1.29 is 14.3 Å². The van der Waals surface area contributed by atoms with Crippen molar-refractivity contribution in [2.45, 2.75) is 11.8 Å². The third kappa shape index (κ3) is 3.37. The lowest BCUT2D eigenvalue weighted by molar-refractivity contribution is -0.129. The Balaban J connectivity index is 1.69. The molecule has 2 aliphatic heterocycles. The molecule has 0 aromatic heterocycles. The predicted molar refractivity (Wildman–Crippen MR) is 125 cm³/mol. The Hall–Kier alpha value is -2.57. The van der Waals surface area contributed by atoms with Gasteiger partial charge in [0.1, 0.15) is 0 Å². The normalized spacial score (nSPS) is 19.9. The molecular weight excluding hydrogens is 447 g/mol. The molecule has 7 heteroatoms. The summed E-state index contributed by atoms with van der Waals surface area (Å²) < 4.78 is 12.4. The Labute approximate surface area is 197 Å². The Bertz CT molecular complexity index is 1180. The smallest absolute Gasteiger partial charge is 0.324 e. The first-order chi connectivity index (χ1) is 15.4. The molecule has 0 N–H and O–H groups in total. The van der Waals surface area contributed by atoms with E-state index < -0.39 is 5.79 Å². The number of benzene rings is 3. The third-order valence-electron chi connectivity index (χ3n) is 6.12. The lowest BCUT2D eigenvalue weighted by Crippen LogP contribution is -2.46. The summed E-state index contributed by atoms with van der Waals surface area (Å²) in [4.78, 5) is 16.4. The number of hydrogen-bond donors (Lipinski definition) is 0. The van der Waals surface area contributed by atoms with Crippen LogP contribution in [-0.2, 0) is 15.3 Å². The van der Waals surface area contributed by atoms with Crippen LogP contribution in [0.1, 0.15) is 28.3 Å². The number of carbonyl (C=O) groups excluding carboxylic acids is 1. The number of halogens is 2. The molecule has 2 amide bonds. The molecule has 1 saturated heterocycles. The van der Waals surface area contributed by atoms with Crippen molar-refractivity contribution in [1.82, 2.24) is 4.90 Å². The number of carbonyl (C=O) groups is 1. The van der Waals surface area contributed by atoms with Gasteiger partial charge >= 0.3 is 6.03 Å². The number of rotatable bonds is 3. The first-order valence-corrected chi connectivity index (χ1v) is 11.1. The van der Waals surface area contributed by atoms with Crippen molar-refractivity contribution in [3.05, 3.63) is 99.0 Å². The minimum Gasteiger partial charge on any atom is -0.340 e. The molecule has 164 valence electrons. The fourth-order valence-corrected chi connectivity index (χ4v) is 4.93. The van der Waals surface area contributed by atoms with E-state index in [1.54, 1.807) is 23.9 Å². The van der Waals surface area contributed by atoms with Crippen LogP contribution in [0.15, 0.2) is 66.7 Å². The second kappa shape index (κ2) is 8.09. The third-order valence-corrected chi connectivity index (χ3v) is 6.61. The number of hydrogen-bond acceptors (Lipinski definition) is 3. The Morgan fingerprint density at radius 2 is 1.56 bits per heavy atom. The zero-order valence-electron chi connectivity index (χ0n) is 17.7. The molecule has 0 spiro atoms. The quantitative estimate of drug-likeness (QED) is 0.485. The van der Waals surface area contributed by atoms with Crippen molar-refractivity contribution in [3.8, 4) is 0 Å². The van der Waals surface area contributed by atoms with Crippen LogP contribution in [0, 0.1) is 0 Å². The van der Waals surface area contributed by atoms with E-state index in [-0.39, 0.29) is 12.1 Å². The van der Waals surface area contributed by atoms with E-state index >= 15 is 0 Å². The molecule has 0 aliphatic carbocycles. The Morgan fingerprint density at radius 3 is 2.25 bits per heavy atom. The first-order valence-electron chi connectivity index (χ1n) is 10.3. The van der Waals surface area contributed by atoms with E-state index in [1.165, 1.54) is 0 Å². The number of amides is 2. The zero-order chi connectivity index (χ0) is 22.5. The average molecular weight is 469 g/mol. The van der Waals surface area contributed by atoms with E-state index in [1.807, 2.05) is 60.7 Å². The highest BCUT2D eigenvalue weighted by molar-refractivity contribution is 6.30. The highest BCUT2D eigenvalue weighted by Crippen LogP contribution is 2.45. The lowest BCUT2D eigenvalue weighted by atomic mass is 9.89. The van der Waals surface area contributed by atoms with Crippen LogP contribution >= 0.6 is 23.2 Å². The monoisotopic (exact) mass is 468 g/mol. The summed E-state index contributed by atoms with van der Waals surface area (Å²) in [6.07, 6.45) is 0. The van der Waals surface area contributed by atoms with Gasteiger partial charge in [0, 0.05) is 40.8 Å².